The molecule has 1 unspecified atom stereocenters. The first-order chi connectivity index (χ1) is 4.70. The van der Waals surface area contributed by atoms with Gasteiger partial charge in [-0.05, 0) is 6.08 Å². The summed E-state index contributed by atoms with van der Waals surface area (Å²) in [5, 5.41) is 9.73. The lowest BCUT2D eigenvalue weighted by atomic mass is 10.1. The smallest absolute Gasteiger partial charge is 0.151 e. The van der Waals surface area contributed by atoms with Gasteiger partial charge in [0.1, 0.15) is 6.04 Å². The van der Waals surface area contributed by atoms with E-state index < -0.39 is 0 Å². The molecule has 0 saturated heterocycles. The van der Waals surface area contributed by atoms with Crippen LogP contribution in [0, 0.1) is 0 Å². The van der Waals surface area contributed by atoms with Gasteiger partial charge >= 0.3 is 0 Å². The van der Waals surface area contributed by atoms with Crippen LogP contribution in [0.1, 0.15) is 0 Å². The summed E-state index contributed by atoms with van der Waals surface area (Å²) in [4.78, 5) is 3.94. The first kappa shape index (κ1) is 6.25. The summed E-state index contributed by atoms with van der Waals surface area (Å²) in [6.07, 6.45) is 1.62. The maximum Gasteiger partial charge on any atom is 0.151 e. The second kappa shape index (κ2) is 1.77. The van der Waals surface area contributed by atoms with Crippen LogP contribution in [0.15, 0.2) is 26.9 Å². The molecule has 0 amide bonds. The molecule has 0 aromatic carbocycles. The van der Waals surface area contributed by atoms with Gasteiger partial charge in [-0.25, -0.2) is 0 Å². The van der Waals surface area contributed by atoms with Crippen molar-refractivity contribution in [2.45, 2.75) is 6.04 Å². The molecule has 2 rings (SSSR count). The van der Waals surface area contributed by atoms with Crippen LogP contribution in [-0.2, 0) is 0 Å². The number of fused-ring (bicyclic) bond motifs is 1. The quantitative estimate of drug-likeness (QED) is 0.601. The van der Waals surface area contributed by atoms with Gasteiger partial charge < -0.3 is 5.11 Å². The number of aliphatic hydroxyl groups is 1. The molecule has 0 saturated carbocycles. The van der Waals surface area contributed by atoms with E-state index in [0.717, 1.165) is 5.71 Å². The predicted molar refractivity (Wildman–Crippen MR) is 40.7 cm³/mol. The van der Waals surface area contributed by atoms with Crippen molar-refractivity contribution in [2.24, 2.45) is 4.99 Å². The first-order valence-electron chi connectivity index (χ1n) is 2.74. The zero-order valence-corrected chi connectivity index (χ0v) is 6.32. The third-order valence-corrected chi connectivity index (χ3v) is 2.13. The molecule has 52 valence electrons. The summed E-state index contributed by atoms with van der Waals surface area (Å²) in [7, 11) is 0. The van der Waals surface area contributed by atoms with Gasteiger partial charge in [0, 0.05) is 0 Å². The zero-order valence-electron chi connectivity index (χ0n) is 4.81. The van der Waals surface area contributed by atoms with E-state index in [1.807, 2.05) is 0 Å². The molecular weight excluding hydrogens is 173 g/mol. The molecule has 0 aromatic rings. The standard InChI is InChI=1S/C6H3Cl2NO/c7-2-1-3-5(9-3)4(8)6(2)10/h1,5,10H. The van der Waals surface area contributed by atoms with E-state index in [-0.39, 0.29) is 16.8 Å². The van der Waals surface area contributed by atoms with Gasteiger partial charge in [-0.2, -0.15) is 0 Å². The number of rotatable bonds is 0. The third-order valence-electron chi connectivity index (χ3n) is 1.46. The van der Waals surface area contributed by atoms with E-state index in [1.54, 1.807) is 6.08 Å². The van der Waals surface area contributed by atoms with E-state index >= 15 is 0 Å². The van der Waals surface area contributed by atoms with Gasteiger partial charge in [-0.1, -0.05) is 23.2 Å². The molecule has 2 nitrogen and oxygen atoms in total. The average Bonchev–Trinajstić information content (AvgIpc) is 2.62. The summed E-state index contributed by atoms with van der Waals surface area (Å²) in [6, 6.07) is -0.0934. The Morgan fingerprint density at radius 3 is 2.90 bits per heavy atom. The highest BCUT2D eigenvalue weighted by atomic mass is 35.5. The van der Waals surface area contributed by atoms with Crippen LogP contribution in [0.4, 0.5) is 0 Å². The number of nitrogens with zero attached hydrogens (tertiary/aromatic N) is 1. The van der Waals surface area contributed by atoms with E-state index in [4.69, 9.17) is 28.3 Å². The van der Waals surface area contributed by atoms with E-state index in [9.17, 15) is 0 Å². The monoisotopic (exact) mass is 175 g/mol. The van der Waals surface area contributed by atoms with Gasteiger partial charge in [0.05, 0.1) is 15.8 Å². The SMILES string of the molecule is OC1=C(Cl)C2N=C2C=C1Cl. The number of halogens is 2. The molecular formula is C6H3Cl2NO. The molecule has 4 heteroatoms. The maximum atomic E-state index is 9.12. The Labute approximate surface area is 67.5 Å². The van der Waals surface area contributed by atoms with Crippen molar-refractivity contribution in [3.8, 4) is 0 Å². The van der Waals surface area contributed by atoms with Crippen LogP contribution < -0.4 is 0 Å². The van der Waals surface area contributed by atoms with E-state index in [1.165, 1.54) is 0 Å². The molecule has 1 heterocycles. The zero-order chi connectivity index (χ0) is 7.30. The van der Waals surface area contributed by atoms with Crippen LogP contribution in [0.5, 0.6) is 0 Å². The molecule has 1 aliphatic carbocycles. The molecule has 1 atom stereocenters. The number of hydrogen-bond acceptors (Lipinski definition) is 2. The van der Waals surface area contributed by atoms with Crippen molar-refractivity contribution < 1.29 is 5.11 Å². The first-order valence-corrected chi connectivity index (χ1v) is 3.49. The van der Waals surface area contributed by atoms with Crippen LogP contribution in [0.2, 0.25) is 0 Å². The minimum atomic E-state index is -0.0934. The Morgan fingerprint density at radius 2 is 2.20 bits per heavy atom. The fraction of sp³-hybridized carbons (Fsp3) is 0.167. The number of allylic oxidation sites excluding steroid dienone is 1. The van der Waals surface area contributed by atoms with E-state index in [2.05, 4.69) is 4.99 Å². The van der Waals surface area contributed by atoms with Crippen LogP contribution in [0.25, 0.3) is 0 Å². The Morgan fingerprint density at radius 1 is 1.50 bits per heavy atom. The fourth-order valence-electron chi connectivity index (χ4n) is 0.856. The summed E-state index contributed by atoms with van der Waals surface area (Å²) < 4.78 is 0. The van der Waals surface area contributed by atoms with E-state index in [0.29, 0.717) is 5.03 Å². The lowest BCUT2D eigenvalue weighted by Gasteiger charge is -2.04. The van der Waals surface area contributed by atoms with Gasteiger partial charge in [-0.15, -0.1) is 0 Å². The summed E-state index contributed by atoms with van der Waals surface area (Å²) >= 11 is 11.2. The van der Waals surface area contributed by atoms with Gasteiger partial charge in [-0.3, -0.25) is 4.99 Å². The predicted octanol–water partition coefficient (Wildman–Crippen LogP) is 1.95. The fourth-order valence-corrected chi connectivity index (χ4v) is 1.38. The average molecular weight is 176 g/mol. The highest BCUT2D eigenvalue weighted by Gasteiger charge is 2.35. The summed E-state index contributed by atoms with van der Waals surface area (Å²) in [5.74, 6) is -0.0432. The Kier molecular flexibility index (Phi) is 1.11. The normalized spacial score (nSPS) is 29.2. The van der Waals surface area contributed by atoms with Crippen molar-refractivity contribution in [1.29, 1.82) is 0 Å². The molecule has 1 N–H and O–H groups in total. The lowest BCUT2D eigenvalue weighted by Crippen LogP contribution is -2.04. The molecule has 0 aromatic heterocycles. The molecule has 0 spiro atoms. The van der Waals surface area contributed by atoms with Crippen molar-refractivity contribution in [3.63, 3.8) is 0 Å². The minimum Gasteiger partial charge on any atom is -0.505 e. The summed E-state index contributed by atoms with van der Waals surface area (Å²) in [5.41, 5.74) is 0.854. The number of aliphatic hydroxyl groups excluding tert-OH is 1. The molecule has 1 aliphatic heterocycles. The van der Waals surface area contributed by atoms with Crippen molar-refractivity contribution in [2.75, 3.05) is 0 Å². The van der Waals surface area contributed by atoms with Crippen molar-refractivity contribution in [1.82, 2.24) is 0 Å². The molecule has 0 radical (unpaired) electrons. The van der Waals surface area contributed by atoms with Crippen LogP contribution in [0.3, 0.4) is 0 Å². The topological polar surface area (TPSA) is 32.6 Å². The largest absolute Gasteiger partial charge is 0.505 e. The Hall–Kier alpha value is -0.470. The second-order valence-corrected chi connectivity index (χ2v) is 2.96. The summed E-state index contributed by atoms with van der Waals surface area (Å²) in [6.45, 7) is 0. The molecule has 0 fully saturated rings. The number of aliphatic imine (C=N–C) groups is 1. The highest BCUT2D eigenvalue weighted by molar-refractivity contribution is 6.41. The minimum absolute atomic E-state index is 0.0432. The lowest BCUT2D eigenvalue weighted by molar-refractivity contribution is 0.424. The third kappa shape index (κ3) is 0.693. The Balaban J connectivity index is 2.46. The Bertz CT molecular complexity index is 290. The van der Waals surface area contributed by atoms with Gasteiger partial charge in [0.2, 0.25) is 0 Å². The second-order valence-electron chi connectivity index (χ2n) is 2.15. The number of hydrogen-bond donors (Lipinski definition) is 1. The van der Waals surface area contributed by atoms with Crippen LogP contribution in [-0.4, -0.2) is 16.9 Å². The molecule has 0 bridgehead atoms. The maximum absolute atomic E-state index is 9.12. The van der Waals surface area contributed by atoms with Crippen molar-refractivity contribution in [3.05, 3.63) is 21.9 Å². The van der Waals surface area contributed by atoms with Crippen LogP contribution >= 0.6 is 23.2 Å². The molecule has 2 aliphatic rings. The highest BCUT2D eigenvalue weighted by Crippen LogP contribution is 2.35. The molecule has 10 heavy (non-hydrogen) atoms. The van der Waals surface area contributed by atoms with Gasteiger partial charge in [0.25, 0.3) is 0 Å². The van der Waals surface area contributed by atoms with Gasteiger partial charge in [0.15, 0.2) is 5.76 Å². The van der Waals surface area contributed by atoms with Crippen molar-refractivity contribution >= 4 is 28.9 Å².